The Labute approximate surface area is 316 Å². The number of phosphoric acid groups is 1. The maximum atomic E-state index is 12.5. The molecule has 10 nitrogen and oxygen atoms in total. The molecule has 0 saturated heterocycles. The third-order valence-electron chi connectivity index (χ3n) is 8.62. The van der Waals surface area contributed by atoms with E-state index in [4.69, 9.17) is 19.1 Å². The molecule has 0 spiro atoms. The van der Waals surface area contributed by atoms with Crippen molar-refractivity contribution in [1.29, 1.82) is 0 Å². The molecule has 0 heterocycles. The number of esters is 2. The highest BCUT2D eigenvalue weighted by molar-refractivity contribution is 7.47. The summed E-state index contributed by atoms with van der Waals surface area (Å²) in [6, 6.07) is 0. The van der Waals surface area contributed by atoms with Crippen molar-refractivity contribution in [3.8, 4) is 0 Å². The molecule has 3 N–H and O–H groups in total. The predicted molar refractivity (Wildman–Crippen MR) is 210 cm³/mol. The number of allylic oxidation sites excluding steroid dienone is 5. The molecule has 0 aliphatic rings. The van der Waals surface area contributed by atoms with Crippen molar-refractivity contribution < 1.29 is 47.8 Å². The SMILES string of the molecule is CCCCCCC/C=C/CCCCCCCC(=O)OC[C@H](COP(=O)(O)OC[C@@H](O)CO)OC(=O)/C=C/C=C/CCCCCCCCCCCCC. The Balaban J connectivity index is 4.45. The van der Waals surface area contributed by atoms with E-state index in [0.29, 0.717) is 6.42 Å². The average molecular weight is 759 g/mol. The average Bonchev–Trinajstić information content (AvgIpc) is 3.13. The Hall–Kier alpha value is -1.81. The van der Waals surface area contributed by atoms with E-state index in [1.165, 1.54) is 102 Å². The molecular weight excluding hydrogens is 683 g/mol. The van der Waals surface area contributed by atoms with Crippen LogP contribution in [0.1, 0.15) is 174 Å². The Kier molecular flexibility index (Phi) is 36.2. The van der Waals surface area contributed by atoms with E-state index in [9.17, 15) is 24.2 Å². The number of unbranched alkanes of at least 4 members (excludes halogenated alkanes) is 21. The third kappa shape index (κ3) is 36.5. The van der Waals surface area contributed by atoms with Gasteiger partial charge in [0.1, 0.15) is 12.7 Å². The molecule has 0 bridgehead atoms. The Morgan fingerprint density at radius 3 is 1.60 bits per heavy atom. The molecule has 11 heteroatoms. The lowest BCUT2D eigenvalue weighted by molar-refractivity contribution is -0.157. The second-order valence-corrected chi connectivity index (χ2v) is 15.2. The van der Waals surface area contributed by atoms with Gasteiger partial charge in [-0.25, -0.2) is 9.36 Å². The summed E-state index contributed by atoms with van der Waals surface area (Å²) in [5, 5.41) is 18.3. The molecule has 304 valence electrons. The van der Waals surface area contributed by atoms with Crippen molar-refractivity contribution >= 4 is 19.8 Å². The van der Waals surface area contributed by atoms with Crippen LogP contribution in [0.15, 0.2) is 36.5 Å². The molecule has 0 aromatic carbocycles. The van der Waals surface area contributed by atoms with E-state index < -0.39 is 51.8 Å². The van der Waals surface area contributed by atoms with Gasteiger partial charge in [0.25, 0.3) is 0 Å². The Bertz CT molecular complexity index is 967. The van der Waals surface area contributed by atoms with Crippen LogP contribution >= 0.6 is 7.82 Å². The fourth-order valence-corrected chi connectivity index (χ4v) is 6.21. The highest BCUT2D eigenvalue weighted by Crippen LogP contribution is 2.43. The van der Waals surface area contributed by atoms with Gasteiger partial charge in [0.05, 0.1) is 19.8 Å². The molecular formula is C41H75O10P. The van der Waals surface area contributed by atoms with Crippen molar-refractivity contribution in [3.63, 3.8) is 0 Å². The minimum Gasteiger partial charge on any atom is -0.462 e. The monoisotopic (exact) mass is 759 g/mol. The fourth-order valence-electron chi connectivity index (χ4n) is 5.42. The Morgan fingerprint density at radius 2 is 1.08 bits per heavy atom. The van der Waals surface area contributed by atoms with E-state index in [1.54, 1.807) is 12.2 Å². The zero-order chi connectivity index (χ0) is 38.4. The minimum atomic E-state index is -4.64. The lowest BCUT2D eigenvalue weighted by Gasteiger charge is -2.19. The molecule has 1 unspecified atom stereocenters. The van der Waals surface area contributed by atoms with Crippen LogP contribution in [-0.4, -0.2) is 65.7 Å². The molecule has 3 atom stereocenters. The lowest BCUT2D eigenvalue weighted by atomic mass is 10.1. The summed E-state index contributed by atoms with van der Waals surface area (Å²) in [5.41, 5.74) is 0. The van der Waals surface area contributed by atoms with Gasteiger partial charge in [0, 0.05) is 12.5 Å². The van der Waals surface area contributed by atoms with Gasteiger partial charge in [0.2, 0.25) is 0 Å². The number of hydrogen-bond acceptors (Lipinski definition) is 9. The first-order valence-corrected chi connectivity index (χ1v) is 22.0. The zero-order valence-electron chi connectivity index (χ0n) is 32.8. The smallest absolute Gasteiger partial charge is 0.462 e. The van der Waals surface area contributed by atoms with Crippen LogP contribution in [0.3, 0.4) is 0 Å². The van der Waals surface area contributed by atoms with Crippen LogP contribution in [0.25, 0.3) is 0 Å². The number of ether oxygens (including phenoxy) is 2. The molecule has 0 aliphatic heterocycles. The van der Waals surface area contributed by atoms with Crippen LogP contribution in [0.4, 0.5) is 0 Å². The van der Waals surface area contributed by atoms with E-state index in [2.05, 4.69) is 30.5 Å². The summed E-state index contributed by atoms with van der Waals surface area (Å²) in [4.78, 5) is 34.7. The maximum absolute atomic E-state index is 12.5. The van der Waals surface area contributed by atoms with Gasteiger partial charge in [-0.3, -0.25) is 13.8 Å². The van der Waals surface area contributed by atoms with E-state index in [-0.39, 0.29) is 13.0 Å². The maximum Gasteiger partial charge on any atom is 0.472 e. The predicted octanol–water partition coefficient (Wildman–Crippen LogP) is 10.4. The van der Waals surface area contributed by atoms with Gasteiger partial charge >= 0.3 is 19.8 Å². The molecule has 52 heavy (non-hydrogen) atoms. The van der Waals surface area contributed by atoms with Gasteiger partial charge in [-0.1, -0.05) is 153 Å². The highest BCUT2D eigenvalue weighted by Gasteiger charge is 2.26. The number of aliphatic hydroxyl groups is 2. The van der Waals surface area contributed by atoms with Gasteiger partial charge in [-0.05, 0) is 44.9 Å². The number of carbonyl (C=O) groups is 2. The molecule has 0 radical (unpaired) electrons. The van der Waals surface area contributed by atoms with Crippen LogP contribution in [0.5, 0.6) is 0 Å². The molecule has 0 rings (SSSR count). The van der Waals surface area contributed by atoms with Crippen molar-refractivity contribution in [2.75, 3.05) is 26.4 Å². The van der Waals surface area contributed by atoms with Crippen molar-refractivity contribution in [3.05, 3.63) is 36.5 Å². The minimum absolute atomic E-state index is 0.212. The first-order chi connectivity index (χ1) is 25.2. The summed E-state index contributed by atoms with van der Waals surface area (Å²) < 4.78 is 32.4. The second-order valence-electron chi connectivity index (χ2n) is 13.7. The number of hydrogen-bond donors (Lipinski definition) is 3. The number of aliphatic hydroxyl groups excluding tert-OH is 2. The number of rotatable bonds is 38. The van der Waals surface area contributed by atoms with Crippen molar-refractivity contribution in [2.45, 2.75) is 187 Å². The van der Waals surface area contributed by atoms with Crippen LogP contribution in [0.2, 0.25) is 0 Å². The molecule has 0 aromatic rings. The Morgan fingerprint density at radius 1 is 0.615 bits per heavy atom. The van der Waals surface area contributed by atoms with E-state index >= 15 is 0 Å². The summed E-state index contributed by atoms with van der Waals surface area (Å²) in [6.07, 6.45) is 37.4. The fraction of sp³-hybridized carbons (Fsp3) is 0.805. The molecule has 0 saturated carbocycles. The van der Waals surface area contributed by atoms with Crippen LogP contribution in [0, 0.1) is 0 Å². The second kappa shape index (κ2) is 37.5. The largest absolute Gasteiger partial charge is 0.472 e. The summed E-state index contributed by atoms with van der Waals surface area (Å²) in [7, 11) is -4.64. The van der Waals surface area contributed by atoms with Gasteiger partial charge in [-0.2, -0.15) is 0 Å². The van der Waals surface area contributed by atoms with Crippen molar-refractivity contribution in [1.82, 2.24) is 0 Å². The summed E-state index contributed by atoms with van der Waals surface area (Å²) >= 11 is 0. The topological polar surface area (TPSA) is 149 Å². The van der Waals surface area contributed by atoms with Gasteiger partial charge in [0.15, 0.2) is 6.10 Å². The molecule has 0 amide bonds. The highest BCUT2D eigenvalue weighted by atomic mass is 31.2. The standard InChI is InChI=1S/C41H75O10P/c1-3-5-7-9-11-13-15-17-19-21-23-25-27-29-31-33-41(45)51-39(37-50-52(46,47)49-35-38(43)34-42)36-48-40(44)32-30-28-26-24-22-20-18-16-14-12-10-8-6-4-2/h16,18,27,29,31,33,38-39,42-43H,3-15,17,19-26,28,30,32,34-37H2,1-2H3,(H,46,47)/b18-16+,29-27+,33-31+/t38-,39+/m0/s1. The molecule has 0 aromatic heterocycles. The van der Waals surface area contributed by atoms with Gasteiger partial charge < -0.3 is 24.6 Å². The van der Waals surface area contributed by atoms with E-state index in [0.717, 1.165) is 51.4 Å². The first kappa shape index (κ1) is 50.2. The van der Waals surface area contributed by atoms with E-state index in [1.807, 2.05) is 6.08 Å². The first-order valence-electron chi connectivity index (χ1n) is 20.5. The van der Waals surface area contributed by atoms with Gasteiger partial charge in [-0.15, -0.1) is 0 Å². The van der Waals surface area contributed by atoms with Crippen molar-refractivity contribution in [2.24, 2.45) is 0 Å². The summed E-state index contributed by atoms with van der Waals surface area (Å²) in [6.45, 7) is 2.23. The molecule has 0 fully saturated rings. The molecule has 0 aliphatic carbocycles. The quantitative estimate of drug-likeness (QED) is 0.0139. The van der Waals surface area contributed by atoms with Crippen LogP contribution < -0.4 is 0 Å². The zero-order valence-corrected chi connectivity index (χ0v) is 33.7. The number of carbonyl (C=O) groups excluding carboxylic acids is 2. The summed E-state index contributed by atoms with van der Waals surface area (Å²) in [5.74, 6) is -1.19. The number of phosphoric ester groups is 1. The third-order valence-corrected chi connectivity index (χ3v) is 9.57. The lowest BCUT2D eigenvalue weighted by Crippen LogP contribution is -2.29. The normalized spacial score (nSPS) is 14.3. The van der Waals surface area contributed by atoms with Crippen LogP contribution in [-0.2, 0) is 32.7 Å².